The van der Waals surface area contributed by atoms with E-state index in [4.69, 9.17) is 5.11 Å². The average molecular weight is 215 g/mol. The van der Waals surface area contributed by atoms with Crippen molar-refractivity contribution in [1.82, 2.24) is 16.0 Å². The third-order valence-corrected chi connectivity index (χ3v) is 2.60. The maximum absolute atomic E-state index is 10.3. The molecule has 0 aromatic carbocycles. The summed E-state index contributed by atoms with van der Waals surface area (Å²) in [5, 5.41) is 18.0. The summed E-state index contributed by atoms with van der Waals surface area (Å²) in [4.78, 5) is 10.3. The van der Waals surface area contributed by atoms with Gasteiger partial charge in [0.05, 0.1) is 5.92 Å². The normalized spacial score (nSPS) is 26.3. The van der Waals surface area contributed by atoms with Crippen LogP contribution in [0.3, 0.4) is 0 Å². The van der Waals surface area contributed by atoms with Gasteiger partial charge in [-0.2, -0.15) is 0 Å². The molecule has 5 heteroatoms. The Labute approximate surface area is 90.6 Å². The molecule has 0 amide bonds. The van der Waals surface area contributed by atoms with Gasteiger partial charge < -0.3 is 21.1 Å². The zero-order valence-electron chi connectivity index (χ0n) is 9.09. The predicted molar refractivity (Wildman–Crippen MR) is 59.0 cm³/mol. The van der Waals surface area contributed by atoms with E-state index in [0.29, 0.717) is 6.54 Å². The largest absolute Gasteiger partial charge is 0.481 e. The van der Waals surface area contributed by atoms with Crippen LogP contribution in [0.25, 0.3) is 0 Å². The maximum atomic E-state index is 10.3. The van der Waals surface area contributed by atoms with Crippen molar-refractivity contribution in [3.63, 3.8) is 0 Å². The number of aliphatic carboxylic acids is 1. The molecule has 2 aliphatic heterocycles. The fourth-order valence-corrected chi connectivity index (χ4v) is 1.67. The molecule has 1 unspecified atom stereocenters. The van der Waals surface area contributed by atoms with Gasteiger partial charge in [0.15, 0.2) is 0 Å². The lowest BCUT2D eigenvalue weighted by molar-refractivity contribution is -0.142. The molecule has 2 rings (SSSR count). The Hall–Kier alpha value is -0.650. The standard InChI is InChI=1S/C6H11NO2.C4H10N2/c8-6(9)5-2-1-3-7-4-5;1-2-6-4-3-5-1/h5,7H,1-4H2,(H,8,9);5-6H,1-4H2. The SMILES string of the molecule is C1CNCCN1.O=C(O)C1CCCNC1. The number of carboxylic acid groups (broad SMARTS) is 1. The van der Waals surface area contributed by atoms with Crippen LogP contribution in [0.4, 0.5) is 0 Å². The Morgan fingerprint density at radius 3 is 1.87 bits per heavy atom. The second-order valence-electron chi connectivity index (χ2n) is 3.88. The lowest BCUT2D eigenvalue weighted by Gasteiger charge is -2.18. The van der Waals surface area contributed by atoms with Crippen LogP contribution >= 0.6 is 0 Å². The van der Waals surface area contributed by atoms with Crippen LogP contribution < -0.4 is 16.0 Å². The zero-order chi connectivity index (χ0) is 10.9. The maximum Gasteiger partial charge on any atom is 0.307 e. The number of rotatable bonds is 1. The summed E-state index contributed by atoms with van der Waals surface area (Å²) in [6.07, 6.45) is 1.83. The molecule has 0 radical (unpaired) electrons. The van der Waals surface area contributed by atoms with E-state index < -0.39 is 5.97 Å². The number of hydrogen-bond acceptors (Lipinski definition) is 4. The van der Waals surface area contributed by atoms with Gasteiger partial charge in [-0.3, -0.25) is 4.79 Å². The van der Waals surface area contributed by atoms with Crippen molar-refractivity contribution in [3.8, 4) is 0 Å². The fraction of sp³-hybridized carbons (Fsp3) is 0.900. The van der Waals surface area contributed by atoms with E-state index in [2.05, 4.69) is 16.0 Å². The average Bonchev–Trinajstić information content (AvgIpc) is 2.33. The molecule has 2 heterocycles. The molecule has 2 aliphatic rings. The first-order valence-electron chi connectivity index (χ1n) is 5.65. The van der Waals surface area contributed by atoms with Crippen LogP contribution in [0.15, 0.2) is 0 Å². The molecule has 2 fully saturated rings. The van der Waals surface area contributed by atoms with Gasteiger partial charge in [0.25, 0.3) is 0 Å². The van der Waals surface area contributed by atoms with E-state index in [1.807, 2.05) is 0 Å². The minimum Gasteiger partial charge on any atom is -0.481 e. The van der Waals surface area contributed by atoms with Gasteiger partial charge in [0, 0.05) is 32.7 Å². The summed E-state index contributed by atoms with van der Waals surface area (Å²) >= 11 is 0. The van der Waals surface area contributed by atoms with E-state index >= 15 is 0 Å². The second kappa shape index (κ2) is 7.62. The van der Waals surface area contributed by atoms with Crippen molar-refractivity contribution >= 4 is 5.97 Å². The Kier molecular flexibility index (Phi) is 6.31. The fourth-order valence-electron chi connectivity index (χ4n) is 1.67. The van der Waals surface area contributed by atoms with Gasteiger partial charge in [-0.1, -0.05) is 0 Å². The topological polar surface area (TPSA) is 73.4 Å². The first kappa shape index (κ1) is 12.4. The predicted octanol–water partition coefficient (Wildman–Crippen LogP) is -0.750. The summed E-state index contributed by atoms with van der Waals surface area (Å²) < 4.78 is 0. The van der Waals surface area contributed by atoms with Crippen molar-refractivity contribution < 1.29 is 9.90 Å². The highest BCUT2D eigenvalue weighted by Crippen LogP contribution is 2.08. The van der Waals surface area contributed by atoms with Gasteiger partial charge in [0.1, 0.15) is 0 Å². The van der Waals surface area contributed by atoms with Crippen LogP contribution in [0, 0.1) is 5.92 Å². The van der Waals surface area contributed by atoms with E-state index in [9.17, 15) is 4.79 Å². The smallest absolute Gasteiger partial charge is 0.307 e. The van der Waals surface area contributed by atoms with Gasteiger partial charge in [-0.05, 0) is 19.4 Å². The molecule has 0 spiro atoms. The van der Waals surface area contributed by atoms with E-state index in [0.717, 1.165) is 45.6 Å². The van der Waals surface area contributed by atoms with E-state index in [1.165, 1.54) is 0 Å². The molecule has 1 atom stereocenters. The molecular weight excluding hydrogens is 194 g/mol. The molecule has 0 aliphatic carbocycles. The number of hydrogen-bond donors (Lipinski definition) is 4. The summed E-state index contributed by atoms with van der Waals surface area (Å²) in [6.45, 7) is 6.18. The van der Waals surface area contributed by atoms with E-state index in [1.54, 1.807) is 0 Å². The minimum absolute atomic E-state index is 0.140. The number of carbonyl (C=O) groups is 1. The lowest BCUT2D eigenvalue weighted by atomic mass is 10.0. The first-order chi connectivity index (χ1) is 7.30. The zero-order valence-corrected chi connectivity index (χ0v) is 9.09. The minimum atomic E-state index is -0.665. The molecule has 0 saturated carbocycles. The summed E-state index contributed by atoms with van der Waals surface area (Å²) in [5.74, 6) is -0.805. The van der Waals surface area contributed by atoms with Crippen LogP contribution in [-0.4, -0.2) is 50.3 Å². The van der Waals surface area contributed by atoms with Crippen molar-refractivity contribution in [2.75, 3.05) is 39.3 Å². The Balaban J connectivity index is 0.000000162. The molecule has 15 heavy (non-hydrogen) atoms. The molecule has 5 nitrogen and oxygen atoms in total. The van der Waals surface area contributed by atoms with Crippen molar-refractivity contribution in [1.29, 1.82) is 0 Å². The van der Waals surface area contributed by atoms with Crippen LogP contribution in [-0.2, 0) is 4.79 Å². The van der Waals surface area contributed by atoms with Gasteiger partial charge >= 0.3 is 5.97 Å². The van der Waals surface area contributed by atoms with Crippen LogP contribution in [0.2, 0.25) is 0 Å². The van der Waals surface area contributed by atoms with Crippen molar-refractivity contribution in [2.24, 2.45) is 5.92 Å². The highest BCUT2D eigenvalue weighted by molar-refractivity contribution is 5.70. The van der Waals surface area contributed by atoms with E-state index in [-0.39, 0.29) is 5.92 Å². The highest BCUT2D eigenvalue weighted by Gasteiger charge is 2.18. The molecule has 0 aromatic rings. The molecule has 4 N–H and O–H groups in total. The van der Waals surface area contributed by atoms with Gasteiger partial charge in [0.2, 0.25) is 0 Å². The molecule has 88 valence electrons. The molecule has 0 bridgehead atoms. The number of piperazine rings is 1. The summed E-state index contributed by atoms with van der Waals surface area (Å²) in [7, 11) is 0. The van der Waals surface area contributed by atoms with Crippen LogP contribution in [0.1, 0.15) is 12.8 Å². The number of piperidine rings is 1. The Morgan fingerprint density at radius 2 is 1.60 bits per heavy atom. The third-order valence-electron chi connectivity index (χ3n) is 2.60. The number of carboxylic acids is 1. The van der Waals surface area contributed by atoms with Gasteiger partial charge in [-0.15, -0.1) is 0 Å². The van der Waals surface area contributed by atoms with Crippen LogP contribution in [0.5, 0.6) is 0 Å². The molecule has 0 aromatic heterocycles. The number of nitrogens with one attached hydrogen (secondary N) is 3. The Morgan fingerprint density at radius 1 is 1.00 bits per heavy atom. The summed E-state index contributed by atoms with van der Waals surface area (Å²) in [6, 6.07) is 0. The monoisotopic (exact) mass is 215 g/mol. The second-order valence-corrected chi connectivity index (χ2v) is 3.88. The first-order valence-corrected chi connectivity index (χ1v) is 5.65. The summed E-state index contributed by atoms with van der Waals surface area (Å²) in [5.41, 5.74) is 0. The van der Waals surface area contributed by atoms with Crippen molar-refractivity contribution in [3.05, 3.63) is 0 Å². The molecule has 2 saturated heterocycles. The quantitative estimate of drug-likeness (QED) is 0.463. The lowest BCUT2D eigenvalue weighted by Crippen LogP contribution is -2.39. The third kappa shape index (κ3) is 5.71. The Bertz CT molecular complexity index is 166. The van der Waals surface area contributed by atoms with Gasteiger partial charge in [-0.25, -0.2) is 0 Å². The molecular formula is C10H21N3O2. The highest BCUT2D eigenvalue weighted by atomic mass is 16.4. The van der Waals surface area contributed by atoms with Crippen molar-refractivity contribution in [2.45, 2.75) is 12.8 Å².